The molecule has 0 radical (unpaired) electrons. The molecule has 0 saturated carbocycles. The zero-order valence-electron chi connectivity index (χ0n) is 13.6. The van der Waals surface area contributed by atoms with Gasteiger partial charge in [0.1, 0.15) is 0 Å². The van der Waals surface area contributed by atoms with Crippen molar-refractivity contribution in [1.29, 1.82) is 0 Å². The van der Waals surface area contributed by atoms with Crippen LogP contribution in [0.5, 0.6) is 0 Å². The summed E-state index contributed by atoms with van der Waals surface area (Å²) in [5.74, 6) is 0.557. The van der Waals surface area contributed by atoms with Crippen molar-refractivity contribution in [3.63, 3.8) is 0 Å². The molecule has 20 heavy (non-hydrogen) atoms. The summed E-state index contributed by atoms with van der Waals surface area (Å²) in [5.41, 5.74) is 3.97. The Labute approximate surface area is 124 Å². The summed E-state index contributed by atoms with van der Waals surface area (Å²) in [5, 5.41) is 0. The molecule has 1 rings (SSSR count). The molecule has 0 heteroatoms. The van der Waals surface area contributed by atoms with E-state index in [1.807, 2.05) is 6.08 Å². The molecule has 0 atom stereocenters. The maximum Gasteiger partial charge on any atom is 0.0146 e. The van der Waals surface area contributed by atoms with E-state index >= 15 is 0 Å². The van der Waals surface area contributed by atoms with E-state index in [2.05, 4.69) is 83.7 Å². The van der Waals surface area contributed by atoms with Crippen LogP contribution in [0.1, 0.15) is 58.1 Å². The molecule has 0 aliphatic rings. The zero-order valence-corrected chi connectivity index (χ0v) is 13.6. The van der Waals surface area contributed by atoms with Crippen molar-refractivity contribution >= 4 is 0 Å². The van der Waals surface area contributed by atoms with Crippen LogP contribution in [0, 0.1) is 0 Å². The summed E-state index contributed by atoms with van der Waals surface area (Å²) in [7, 11) is 0. The number of benzene rings is 1. The molecular formula is C20H28. The Kier molecular flexibility index (Phi) is 6.01. The monoisotopic (exact) mass is 268 g/mol. The van der Waals surface area contributed by atoms with Crippen LogP contribution < -0.4 is 0 Å². The first-order chi connectivity index (χ1) is 9.43. The van der Waals surface area contributed by atoms with E-state index < -0.39 is 0 Å². The lowest BCUT2D eigenvalue weighted by Crippen LogP contribution is -2.19. The first-order valence-corrected chi connectivity index (χ1v) is 7.53. The molecule has 0 unspecified atom stereocenters. The molecule has 0 N–H and O–H groups in total. The molecule has 0 amide bonds. The van der Waals surface area contributed by atoms with Crippen molar-refractivity contribution in [2.75, 3.05) is 0 Å². The van der Waals surface area contributed by atoms with Gasteiger partial charge in [0.25, 0.3) is 0 Å². The van der Waals surface area contributed by atoms with Gasteiger partial charge in [-0.05, 0) is 29.0 Å². The average molecular weight is 268 g/mol. The number of rotatable bonds is 6. The summed E-state index contributed by atoms with van der Waals surface area (Å²) < 4.78 is 0. The van der Waals surface area contributed by atoms with Gasteiger partial charge in [-0.15, -0.1) is 0 Å². The second-order valence-corrected chi connectivity index (χ2v) is 6.07. The van der Waals surface area contributed by atoms with E-state index in [1.165, 1.54) is 16.7 Å². The Bertz CT molecular complexity index is 499. The van der Waals surface area contributed by atoms with Crippen LogP contribution in [0.2, 0.25) is 0 Å². The van der Waals surface area contributed by atoms with Crippen LogP contribution in [0.3, 0.4) is 0 Å². The molecule has 1 aromatic carbocycles. The van der Waals surface area contributed by atoms with Crippen LogP contribution in [0.15, 0.2) is 60.7 Å². The van der Waals surface area contributed by atoms with E-state index in [0.717, 1.165) is 6.42 Å². The van der Waals surface area contributed by atoms with Crippen molar-refractivity contribution in [3.8, 4) is 0 Å². The predicted molar refractivity (Wildman–Crippen MR) is 91.3 cm³/mol. The van der Waals surface area contributed by atoms with Crippen LogP contribution in [-0.2, 0) is 5.41 Å². The highest BCUT2D eigenvalue weighted by atomic mass is 14.3. The molecule has 1 aromatic rings. The van der Waals surface area contributed by atoms with E-state index in [9.17, 15) is 0 Å². The third kappa shape index (κ3) is 3.96. The normalized spacial score (nSPS) is 13.2. The lowest BCUT2D eigenvalue weighted by molar-refractivity contribution is 0.637. The Hall–Kier alpha value is -1.56. The van der Waals surface area contributed by atoms with E-state index in [1.54, 1.807) is 0 Å². The zero-order chi connectivity index (χ0) is 15.2. The van der Waals surface area contributed by atoms with Crippen LogP contribution in [-0.4, -0.2) is 0 Å². The highest BCUT2D eigenvalue weighted by Crippen LogP contribution is 2.33. The molecular weight excluding hydrogens is 240 g/mol. The standard InChI is InChI=1S/C20H28/c1-7-9-10-13-18(8-2)20(5,6)19-14-11-12-17(15-19)16(3)4/h8-16H,2,7H2,1,3-6H3/b10-9-,18-13+. The highest BCUT2D eigenvalue weighted by molar-refractivity contribution is 5.42. The van der Waals surface area contributed by atoms with E-state index in [-0.39, 0.29) is 5.41 Å². The van der Waals surface area contributed by atoms with Gasteiger partial charge in [-0.2, -0.15) is 0 Å². The maximum atomic E-state index is 3.99. The SMILES string of the molecule is C=C/C(=C\C=C/CC)C(C)(C)c1cccc(C(C)C)c1. The second-order valence-electron chi connectivity index (χ2n) is 6.07. The molecule has 0 aliphatic heterocycles. The third-order valence-electron chi connectivity index (χ3n) is 3.86. The minimum Gasteiger partial charge on any atom is -0.0988 e. The first kappa shape index (κ1) is 16.5. The molecule has 0 spiro atoms. The fraction of sp³-hybridized carbons (Fsp3) is 0.400. The van der Waals surface area contributed by atoms with E-state index in [4.69, 9.17) is 0 Å². The van der Waals surface area contributed by atoms with Gasteiger partial charge in [0.05, 0.1) is 0 Å². The third-order valence-corrected chi connectivity index (χ3v) is 3.86. The summed E-state index contributed by atoms with van der Waals surface area (Å²) in [6, 6.07) is 8.91. The molecule has 0 bridgehead atoms. The Balaban J connectivity index is 3.19. The van der Waals surface area contributed by atoms with Crippen molar-refractivity contribution in [3.05, 3.63) is 71.8 Å². The van der Waals surface area contributed by atoms with Crippen molar-refractivity contribution < 1.29 is 0 Å². The lowest BCUT2D eigenvalue weighted by atomic mass is 9.76. The smallest absolute Gasteiger partial charge is 0.0146 e. The van der Waals surface area contributed by atoms with Crippen LogP contribution in [0.25, 0.3) is 0 Å². The van der Waals surface area contributed by atoms with Gasteiger partial charge in [-0.3, -0.25) is 0 Å². The molecule has 0 aromatic heterocycles. The Morgan fingerprint density at radius 2 is 2.00 bits per heavy atom. The number of hydrogen-bond donors (Lipinski definition) is 0. The van der Waals surface area contributed by atoms with Gasteiger partial charge in [0.2, 0.25) is 0 Å². The van der Waals surface area contributed by atoms with Gasteiger partial charge >= 0.3 is 0 Å². The fourth-order valence-electron chi connectivity index (χ4n) is 2.29. The average Bonchev–Trinajstić information content (AvgIpc) is 2.43. The summed E-state index contributed by atoms with van der Waals surface area (Å²) >= 11 is 0. The van der Waals surface area contributed by atoms with Crippen LogP contribution >= 0.6 is 0 Å². The number of allylic oxidation sites excluding steroid dienone is 5. The highest BCUT2D eigenvalue weighted by Gasteiger charge is 2.23. The second kappa shape index (κ2) is 7.28. The molecule has 108 valence electrons. The fourth-order valence-corrected chi connectivity index (χ4v) is 2.29. The van der Waals surface area contributed by atoms with Gasteiger partial charge in [-0.1, -0.05) is 89.8 Å². The van der Waals surface area contributed by atoms with Gasteiger partial charge in [0.15, 0.2) is 0 Å². The van der Waals surface area contributed by atoms with Crippen LogP contribution in [0.4, 0.5) is 0 Å². The lowest BCUT2D eigenvalue weighted by Gasteiger charge is -2.28. The quantitative estimate of drug-likeness (QED) is 0.541. The Morgan fingerprint density at radius 1 is 1.30 bits per heavy atom. The maximum absolute atomic E-state index is 3.99. The molecule has 0 nitrogen and oxygen atoms in total. The minimum absolute atomic E-state index is 0.0231. The summed E-state index contributed by atoms with van der Waals surface area (Å²) in [4.78, 5) is 0. The summed E-state index contributed by atoms with van der Waals surface area (Å²) in [6.45, 7) is 15.1. The van der Waals surface area contributed by atoms with Crippen molar-refractivity contribution in [2.45, 2.75) is 52.4 Å². The van der Waals surface area contributed by atoms with Gasteiger partial charge < -0.3 is 0 Å². The molecule has 0 aliphatic carbocycles. The molecule has 0 heterocycles. The van der Waals surface area contributed by atoms with Gasteiger partial charge in [0, 0.05) is 5.41 Å². The molecule has 0 saturated heterocycles. The van der Waals surface area contributed by atoms with Crippen molar-refractivity contribution in [2.24, 2.45) is 0 Å². The minimum atomic E-state index is -0.0231. The van der Waals surface area contributed by atoms with Crippen molar-refractivity contribution in [1.82, 2.24) is 0 Å². The summed E-state index contributed by atoms with van der Waals surface area (Å²) in [6.07, 6.45) is 9.51. The Morgan fingerprint density at radius 3 is 2.55 bits per heavy atom. The topological polar surface area (TPSA) is 0 Å². The molecule has 0 fully saturated rings. The predicted octanol–water partition coefficient (Wildman–Crippen LogP) is 6.17. The van der Waals surface area contributed by atoms with E-state index in [0.29, 0.717) is 5.92 Å². The first-order valence-electron chi connectivity index (χ1n) is 7.53. The number of hydrogen-bond acceptors (Lipinski definition) is 0. The largest absolute Gasteiger partial charge is 0.0988 e. The van der Waals surface area contributed by atoms with Gasteiger partial charge in [-0.25, -0.2) is 0 Å².